The van der Waals surface area contributed by atoms with Crippen LogP contribution in [-0.2, 0) is 9.59 Å². The van der Waals surface area contributed by atoms with Gasteiger partial charge in [-0.25, -0.2) is 0 Å². The van der Waals surface area contributed by atoms with Crippen LogP contribution in [0, 0.1) is 5.92 Å². The number of quaternary nitrogens is 1. The number of ether oxygens (including phenoxy) is 1. The molecule has 31 heavy (non-hydrogen) atoms. The molecule has 2 aromatic carbocycles. The Balaban J connectivity index is 2.00. The smallest absolute Gasteiger partial charge is 0.295 e. The first-order chi connectivity index (χ1) is 14.8. The summed E-state index contributed by atoms with van der Waals surface area (Å²) < 4.78 is 5.70. The number of hydrogen-bond acceptors (Lipinski definition) is 4. The van der Waals surface area contributed by atoms with Gasteiger partial charge in [-0.2, -0.15) is 0 Å². The van der Waals surface area contributed by atoms with Crippen molar-refractivity contribution in [1.82, 2.24) is 4.90 Å². The van der Waals surface area contributed by atoms with E-state index in [-0.39, 0.29) is 11.3 Å². The zero-order valence-corrected chi connectivity index (χ0v) is 18.6. The maximum Gasteiger partial charge on any atom is 0.295 e. The molecule has 6 heteroatoms. The minimum absolute atomic E-state index is 0.126. The van der Waals surface area contributed by atoms with Crippen LogP contribution in [0.4, 0.5) is 0 Å². The minimum Gasteiger partial charge on any atom is -0.507 e. The Bertz CT molecular complexity index is 949. The van der Waals surface area contributed by atoms with E-state index >= 15 is 0 Å². The molecule has 1 heterocycles. The molecule has 0 aliphatic carbocycles. The summed E-state index contributed by atoms with van der Waals surface area (Å²) in [5.74, 6) is -0.297. The molecule has 2 aromatic rings. The average Bonchev–Trinajstić information content (AvgIpc) is 3.01. The number of hydrogen-bond donors (Lipinski definition) is 2. The molecule has 1 amide bonds. The lowest BCUT2D eigenvalue weighted by atomic mass is 9.95. The summed E-state index contributed by atoms with van der Waals surface area (Å²) >= 11 is 0. The summed E-state index contributed by atoms with van der Waals surface area (Å²) in [6.07, 6.45) is 0. The largest absolute Gasteiger partial charge is 0.507 e. The van der Waals surface area contributed by atoms with Crippen LogP contribution < -0.4 is 9.64 Å². The third-order valence-corrected chi connectivity index (χ3v) is 5.22. The van der Waals surface area contributed by atoms with E-state index in [1.54, 1.807) is 29.2 Å². The molecule has 0 bridgehead atoms. The van der Waals surface area contributed by atoms with Crippen LogP contribution in [-0.4, -0.2) is 55.5 Å². The predicted octanol–water partition coefficient (Wildman–Crippen LogP) is 2.29. The van der Waals surface area contributed by atoms with Gasteiger partial charge in [0.1, 0.15) is 11.5 Å². The maximum absolute atomic E-state index is 13.0. The Hall–Kier alpha value is -3.12. The number of likely N-dealkylation sites (tertiary alicyclic amines) is 1. The standard InChI is InChI=1S/C25H30N2O4/c1-17(2)16-31-20-12-10-19(11-13-20)23(28)21-22(18-8-6-5-7-9-18)27(15-14-26(3)4)25(30)24(21)29/h5-13,17,22,28H,14-16H2,1-4H3/p+1/t22-/m1/s1. The van der Waals surface area contributed by atoms with Crippen molar-refractivity contribution in [3.8, 4) is 5.75 Å². The molecular formula is C25H31N2O4+. The van der Waals surface area contributed by atoms with E-state index in [9.17, 15) is 14.7 Å². The average molecular weight is 424 g/mol. The van der Waals surface area contributed by atoms with E-state index < -0.39 is 17.7 Å². The van der Waals surface area contributed by atoms with Crippen molar-refractivity contribution >= 4 is 17.4 Å². The lowest BCUT2D eigenvalue weighted by Crippen LogP contribution is -3.06. The highest BCUT2D eigenvalue weighted by molar-refractivity contribution is 6.46. The molecular weight excluding hydrogens is 392 g/mol. The SMILES string of the molecule is CC(C)COc1ccc(C(O)=C2C(=O)C(=O)N(CC[NH+](C)C)[C@@H]2c2ccccc2)cc1. The lowest BCUT2D eigenvalue weighted by molar-refractivity contribution is -0.857. The molecule has 0 spiro atoms. The van der Waals surface area contributed by atoms with Gasteiger partial charge in [0, 0.05) is 5.56 Å². The van der Waals surface area contributed by atoms with E-state index in [0.717, 1.165) is 5.56 Å². The van der Waals surface area contributed by atoms with Gasteiger partial charge in [0.2, 0.25) is 0 Å². The summed E-state index contributed by atoms with van der Waals surface area (Å²) in [6.45, 7) is 5.85. The van der Waals surface area contributed by atoms with Crippen LogP contribution in [0.5, 0.6) is 5.75 Å². The Morgan fingerprint density at radius 2 is 1.71 bits per heavy atom. The number of aliphatic hydroxyl groups excluding tert-OH is 1. The van der Waals surface area contributed by atoms with Gasteiger partial charge in [-0.15, -0.1) is 0 Å². The Labute approximate surface area is 183 Å². The molecule has 1 saturated heterocycles. The highest BCUT2D eigenvalue weighted by Gasteiger charge is 2.46. The predicted molar refractivity (Wildman–Crippen MR) is 120 cm³/mol. The van der Waals surface area contributed by atoms with Crippen LogP contribution in [0.3, 0.4) is 0 Å². The van der Waals surface area contributed by atoms with Crippen LogP contribution in [0.2, 0.25) is 0 Å². The van der Waals surface area contributed by atoms with Gasteiger partial charge < -0.3 is 19.6 Å². The number of rotatable bonds is 8. The normalized spacial score (nSPS) is 18.3. The maximum atomic E-state index is 13.0. The van der Waals surface area contributed by atoms with Gasteiger partial charge in [0.25, 0.3) is 11.7 Å². The zero-order valence-electron chi connectivity index (χ0n) is 18.6. The number of amides is 1. The monoisotopic (exact) mass is 423 g/mol. The van der Waals surface area contributed by atoms with Crippen molar-refractivity contribution < 1.29 is 24.3 Å². The number of benzene rings is 2. The van der Waals surface area contributed by atoms with Crippen LogP contribution in [0.25, 0.3) is 5.76 Å². The first-order valence-electron chi connectivity index (χ1n) is 10.6. The van der Waals surface area contributed by atoms with Crippen LogP contribution in [0.15, 0.2) is 60.2 Å². The van der Waals surface area contributed by atoms with E-state index in [0.29, 0.717) is 36.9 Å². The Morgan fingerprint density at radius 3 is 2.29 bits per heavy atom. The fourth-order valence-corrected chi connectivity index (χ4v) is 3.56. The highest BCUT2D eigenvalue weighted by Crippen LogP contribution is 2.39. The highest BCUT2D eigenvalue weighted by atomic mass is 16.5. The molecule has 3 rings (SSSR count). The molecule has 1 atom stereocenters. The first kappa shape index (κ1) is 22.6. The number of Topliss-reactive ketones (excluding diaryl/α,β-unsaturated/α-hetero) is 1. The van der Waals surface area contributed by atoms with Gasteiger partial charge in [-0.1, -0.05) is 44.2 Å². The summed E-state index contributed by atoms with van der Waals surface area (Å²) in [7, 11) is 3.99. The number of aliphatic hydroxyl groups is 1. The minimum atomic E-state index is -0.653. The molecule has 0 saturated carbocycles. The number of carbonyl (C=O) groups is 2. The van der Waals surface area contributed by atoms with E-state index in [2.05, 4.69) is 13.8 Å². The number of likely N-dealkylation sites (N-methyl/N-ethyl adjacent to an activating group) is 1. The molecule has 6 nitrogen and oxygen atoms in total. The summed E-state index contributed by atoms with van der Waals surface area (Å²) in [5.41, 5.74) is 1.41. The molecule has 164 valence electrons. The molecule has 2 N–H and O–H groups in total. The molecule has 0 radical (unpaired) electrons. The van der Waals surface area contributed by atoms with Gasteiger partial charge in [0.05, 0.1) is 45.4 Å². The molecule has 1 aliphatic heterocycles. The fourth-order valence-electron chi connectivity index (χ4n) is 3.56. The fraction of sp³-hybridized carbons (Fsp3) is 0.360. The molecule has 1 aliphatic rings. The van der Waals surface area contributed by atoms with Crippen LogP contribution >= 0.6 is 0 Å². The van der Waals surface area contributed by atoms with E-state index in [4.69, 9.17) is 4.74 Å². The number of nitrogens with one attached hydrogen (secondary N) is 1. The first-order valence-corrected chi connectivity index (χ1v) is 10.6. The van der Waals surface area contributed by atoms with Crippen molar-refractivity contribution in [2.75, 3.05) is 33.8 Å². The molecule has 1 fully saturated rings. The van der Waals surface area contributed by atoms with E-state index in [1.165, 1.54) is 4.90 Å². The number of ketones is 1. The molecule has 0 aromatic heterocycles. The second-order valence-electron chi connectivity index (χ2n) is 8.59. The van der Waals surface area contributed by atoms with Crippen LogP contribution in [0.1, 0.15) is 31.0 Å². The Kier molecular flexibility index (Phi) is 7.13. The second kappa shape index (κ2) is 9.79. The van der Waals surface area contributed by atoms with E-state index in [1.807, 2.05) is 44.4 Å². The van der Waals surface area contributed by atoms with Gasteiger partial charge in [-0.3, -0.25) is 9.59 Å². The summed E-state index contributed by atoms with van der Waals surface area (Å²) in [5, 5.41) is 11.1. The van der Waals surface area contributed by atoms with Crippen molar-refractivity contribution in [1.29, 1.82) is 0 Å². The zero-order chi connectivity index (χ0) is 22.5. The number of nitrogens with zero attached hydrogens (tertiary/aromatic N) is 1. The third-order valence-electron chi connectivity index (χ3n) is 5.22. The van der Waals surface area contributed by atoms with Crippen molar-refractivity contribution in [2.45, 2.75) is 19.9 Å². The second-order valence-corrected chi connectivity index (χ2v) is 8.59. The topological polar surface area (TPSA) is 71.3 Å². The van der Waals surface area contributed by atoms with Gasteiger partial charge >= 0.3 is 0 Å². The van der Waals surface area contributed by atoms with Gasteiger partial charge in [0.15, 0.2) is 0 Å². The summed E-state index contributed by atoms with van der Waals surface area (Å²) in [4.78, 5) is 28.6. The summed E-state index contributed by atoms with van der Waals surface area (Å²) in [6, 6.07) is 15.7. The Morgan fingerprint density at radius 1 is 1.06 bits per heavy atom. The quantitative estimate of drug-likeness (QED) is 0.388. The van der Waals surface area contributed by atoms with Gasteiger partial charge in [-0.05, 0) is 35.7 Å². The number of carbonyl (C=O) groups excluding carboxylic acids is 2. The third kappa shape index (κ3) is 5.14. The van der Waals surface area contributed by atoms with Crippen molar-refractivity contribution in [2.24, 2.45) is 5.92 Å². The van der Waals surface area contributed by atoms with Crippen molar-refractivity contribution in [3.63, 3.8) is 0 Å². The van der Waals surface area contributed by atoms with Crippen molar-refractivity contribution in [3.05, 3.63) is 71.3 Å². The lowest BCUT2D eigenvalue weighted by Gasteiger charge is -2.25. The molecule has 0 unspecified atom stereocenters.